The van der Waals surface area contributed by atoms with Crippen molar-refractivity contribution in [3.8, 4) is 5.75 Å². The lowest BCUT2D eigenvalue weighted by Crippen LogP contribution is -2.52. The summed E-state index contributed by atoms with van der Waals surface area (Å²) < 4.78 is 11.5. The summed E-state index contributed by atoms with van der Waals surface area (Å²) >= 11 is 1.34. The van der Waals surface area contributed by atoms with Crippen molar-refractivity contribution in [2.24, 2.45) is 5.73 Å². The third-order valence-electron chi connectivity index (χ3n) is 6.78. The number of amides is 1. The molecule has 2 aliphatic heterocycles. The van der Waals surface area contributed by atoms with Crippen LogP contribution in [0.5, 0.6) is 5.75 Å². The number of aryl methyl sites for hydroxylation is 2. The van der Waals surface area contributed by atoms with E-state index in [4.69, 9.17) is 20.9 Å². The van der Waals surface area contributed by atoms with Crippen molar-refractivity contribution in [3.05, 3.63) is 46.0 Å². The van der Waals surface area contributed by atoms with Crippen molar-refractivity contribution in [3.63, 3.8) is 0 Å². The Morgan fingerprint density at radius 2 is 2.15 bits per heavy atom. The summed E-state index contributed by atoms with van der Waals surface area (Å²) in [5.41, 5.74) is 17.2. The SMILES string of the molecule is CO[C@@H]1CCN(c2ccc3c(c2)OC[C@H](NC(=O)c2sc4nc(C)cc(C)c4c2N)C3)C[C@H]1N. The number of pyridine rings is 1. The molecule has 0 unspecified atom stereocenters. The fourth-order valence-corrected chi connectivity index (χ4v) is 6.15. The van der Waals surface area contributed by atoms with E-state index in [-0.39, 0.29) is 24.1 Å². The Morgan fingerprint density at radius 1 is 1.32 bits per heavy atom. The topological polar surface area (TPSA) is 116 Å². The van der Waals surface area contributed by atoms with Crippen molar-refractivity contribution >= 4 is 38.8 Å². The second-order valence-corrected chi connectivity index (χ2v) is 10.3. The molecule has 4 heterocycles. The van der Waals surface area contributed by atoms with Crippen LogP contribution in [0.15, 0.2) is 24.3 Å². The van der Waals surface area contributed by atoms with Crippen molar-refractivity contribution in [2.45, 2.75) is 44.9 Å². The van der Waals surface area contributed by atoms with Crippen LogP contribution < -0.4 is 26.4 Å². The zero-order valence-electron chi connectivity index (χ0n) is 19.8. The number of nitrogens with one attached hydrogen (secondary N) is 1. The first kappa shape index (κ1) is 22.9. The number of hydrogen-bond donors (Lipinski definition) is 3. The van der Waals surface area contributed by atoms with Crippen LogP contribution >= 0.6 is 11.3 Å². The lowest BCUT2D eigenvalue weighted by molar-refractivity contribution is 0.0664. The summed E-state index contributed by atoms with van der Waals surface area (Å²) in [7, 11) is 1.72. The van der Waals surface area contributed by atoms with Crippen LogP contribution in [0.1, 0.15) is 32.9 Å². The molecule has 1 fully saturated rings. The highest BCUT2D eigenvalue weighted by Gasteiger charge is 2.29. The van der Waals surface area contributed by atoms with Crippen LogP contribution in [-0.2, 0) is 11.2 Å². The third-order valence-corrected chi connectivity index (χ3v) is 7.88. The molecular formula is C25H31N5O3S. The highest BCUT2D eigenvalue weighted by molar-refractivity contribution is 7.21. The van der Waals surface area contributed by atoms with Crippen LogP contribution in [0, 0.1) is 13.8 Å². The maximum atomic E-state index is 13.1. The molecule has 0 radical (unpaired) electrons. The summed E-state index contributed by atoms with van der Waals surface area (Å²) in [6.45, 7) is 6.00. The average Bonchev–Trinajstić information content (AvgIpc) is 3.15. The molecule has 1 aromatic carbocycles. The zero-order valence-corrected chi connectivity index (χ0v) is 20.6. The minimum absolute atomic E-state index is 0.0143. The van der Waals surface area contributed by atoms with Gasteiger partial charge in [0.25, 0.3) is 5.91 Å². The number of methoxy groups -OCH3 is 1. The first-order chi connectivity index (χ1) is 16.3. The van der Waals surface area contributed by atoms with E-state index in [1.807, 2.05) is 19.9 Å². The highest BCUT2D eigenvalue weighted by atomic mass is 32.1. The molecule has 9 heteroatoms. The molecule has 1 saturated heterocycles. The van der Waals surface area contributed by atoms with Crippen LogP contribution in [0.3, 0.4) is 0 Å². The van der Waals surface area contributed by atoms with Gasteiger partial charge in [-0.3, -0.25) is 4.79 Å². The van der Waals surface area contributed by atoms with E-state index in [1.165, 1.54) is 11.3 Å². The number of anilines is 2. The molecule has 2 aromatic heterocycles. The van der Waals surface area contributed by atoms with Gasteiger partial charge in [0.1, 0.15) is 22.1 Å². The van der Waals surface area contributed by atoms with Crippen LogP contribution in [0.2, 0.25) is 0 Å². The first-order valence-corrected chi connectivity index (χ1v) is 12.4. The number of aromatic nitrogens is 1. The fraction of sp³-hybridized carbons (Fsp3) is 0.440. The molecule has 5 rings (SSSR count). The smallest absolute Gasteiger partial charge is 0.263 e. The monoisotopic (exact) mass is 481 g/mol. The van der Waals surface area contributed by atoms with Crippen LogP contribution in [0.25, 0.3) is 10.2 Å². The molecule has 0 aliphatic carbocycles. The van der Waals surface area contributed by atoms with Gasteiger partial charge in [-0.15, -0.1) is 11.3 Å². The Kier molecular flexibility index (Phi) is 6.09. The van der Waals surface area contributed by atoms with Crippen molar-refractivity contribution in [1.82, 2.24) is 10.3 Å². The van der Waals surface area contributed by atoms with E-state index in [9.17, 15) is 4.79 Å². The predicted octanol–water partition coefficient (Wildman–Crippen LogP) is 2.78. The molecule has 180 valence electrons. The second kappa shape index (κ2) is 9.05. The standard InChI is InChI=1S/C25H31N5O3S/c1-13-8-14(2)28-25-21(13)22(27)23(34-25)24(31)29-16-9-15-4-5-17(10-20(15)33-12-16)30-7-6-19(32-3)18(26)11-30/h4-5,8,10,16,18-19H,6-7,9,11-12,26-27H2,1-3H3,(H,29,31)/t16-,18-,19-/m1/s1. The number of fused-ring (bicyclic) bond motifs is 2. The van der Waals surface area contributed by atoms with Gasteiger partial charge in [-0.05, 0) is 49.9 Å². The average molecular weight is 482 g/mol. The van der Waals surface area contributed by atoms with E-state index in [0.29, 0.717) is 23.6 Å². The van der Waals surface area contributed by atoms with Gasteiger partial charge in [-0.1, -0.05) is 6.07 Å². The molecule has 5 N–H and O–H groups in total. The number of rotatable bonds is 4. The van der Waals surface area contributed by atoms with Gasteiger partial charge in [0.05, 0.1) is 17.8 Å². The predicted molar refractivity (Wildman–Crippen MR) is 136 cm³/mol. The number of nitrogen functional groups attached to an aromatic ring is 1. The minimum Gasteiger partial charge on any atom is -0.491 e. The molecule has 2 aliphatic rings. The first-order valence-electron chi connectivity index (χ1n) is 11.6. The maximum Gasteiger partial charge on any atom is 0.263 e. The largest absolute Gasteiger partial charge is 0.491 e. The Labute approximate surface area is 203 Å². The molecule has 3 aromatic rings. The number of nitrogens with two attached hydrogens (primary N) is 2. The minimum atomic E-state index is -0.179. The van der Waals surface area contributed by atoms with Crippen LogP contribution in [0.4, 0.5) is 11.4 Å². The Balaban J connectivity index is 1.28. The quantitative estimate of drug-likeness (QED) is 0.525. The van der Waals surface area contributed by atoms with Gasteiger partial charge in [0, 0.05) is 49.1 Å². The van der Waals surface area contributed by atoms with Gasteiger partial charge in [0.2, 0.25) is 0 Å². The van der Waals surface area contributed by atoms with E-state index < -0.39 is 0 Å². The number of carbonyl (C=O) groups is 1. The van der Waals surface area contributed by atoms with E-state index in [2.05, 4.69) is 33.4 Å². The van der Waals surface area contributed by atoms with Gasteiger partial charge in [-0.25, -0.2) is 4.98 Å². The fourth-order valence-electron chi connectivity index (χ4n) is 5.03. The molecule has 0 bridgehead atoms. The highest BCUT2D eigenvalue weighted by Crippen LogP contribution is 2.35. The molecule has 8 nitrogen and oxygen atoms in total. The number of carbonyl (C=O) groups excluding carboxylic acids is 1. The number of benzene rings is 1. The normalized spacial score (nSPS) is 22.4. The summed E-state index contributed by atoms with van der Waals surface area (Å²) in [5.74, 6) is 0.684. The van der Waals surface area contributed by atoms with Crippen molar-refractivity contribution in [1.29, 1.82) is 0 Å². The number of hydrogen-bond acceptors (Lipinski definition) is 8. The number of thiophene rings is 1. The summed E-state index contributed by atoms with van der Waals surface area (Å²) in [5, 5.41) is 3.97. The number of piperidine rings is 1. The Bertz CT molecular complexity index is 1240. The molecule has 0 spiro atoms. The van der Waals surface area contributed by atoms with Gasteiger partial charge >= 0.3 is 0 Å². The van der Waals surface area contributed by atoms with E-state index in [1.54, 1.807) is 7.11 Å². The second-order valence-electron chi connectivity index (χ2n) is 9.26. The van der Waals surface area contributed by atoms with Gasteiger partial charge < -0.3 is 31.2 Å². The maximum absolute atomic E-state index is 13.1. The molecule has 0 saturated carbocycles. The number of ether oxygens (including phenoxy) is 2. The summed E-state index contributed by atoms with van der Waals surface area (Å²) in [4.78, 5) is 21.2. The summed E-state index contributed by atoms with van der Waals surface area (Å²) in [6, 6.07) is 8.11. The van der Waals surface area contributed by atoms with E-state index in [0.717, 1.165) is 58.0 Å². The lowest BCUT2D eigenvalue weighted by atomic mass is 9.99. The Hall–Kier alpha value is -2.88. The molecule has 1 amide bonds. The Morgan fingerprint density at radius 3 is 2.91 bits per heavy atom. The molecule has 34 heavy (non-hydrogen) atoms. The van der Waals surface area contributed by atoms with Crippen LogP contribution in [-0.4, -0.2) is 55.9 Å². The van der Waals surface area contributed by atoms with Gasteiger partial charge in [0.15, 0.2) is 0 Å². The molecular weight excluding hydrogens is 450 g/mol. The lowest BCUT2D eigenvalue weighted by Gasteiger charge is -2.37. The number of nitrogens with zero attached hydrogens (tertiary/aromatic N) is 2. The van der Waals surface area contributed by atoms with Crippen molar-refractivity contribution in [2.75, 3.05) is 37.4 Å². The third kappa shape index (κ3) is 4.19. The zero-order chi connectivity index (χ0) is 24.0. The van der Waals surface area contributed by atoms with E-state index >= 15 is 0 Å². The molecule has 3 atom stereocenters. The van der Waals surface area contributed by atoms with Gasteiger partial charge in [-0.2, -0.15) is 0 Å². The van der Waals surface area contributed by atoms with Crippen molar-refractivity contribution < 1.29 is 14.3 Å². The summed E-state index contributed by atoms with van der Waals surface area (Å²) in [6.07, 6.45) is 1.71.